The van der Waals surface area contributed by atoms with Crippen molar-refractivity contribution in [2.45, 2.75) is 6.10 Å². The molecule has 0 aliphatic rings. The highest BCUT2D eigenvalue weighted by Crippen LogP contribution is 2.18. The standard InChI is InChI=1S/C11H17NO6S/c1-12(19(14,15)16)7-9(13)8-18-11-5-3-4-10(6-11)17-2/h3-6,9,13H,7-8H2,1-2H3,(H,14,15,16)/p-1. The minimum absolute atomic E-state index is 0.132. The Morgan fingerprint density at radius 3 is 2.63 bits per heavy atom. The van der Waals surface area contributed by atoms with Crippen molar-refractivity contribution in [2.24, 2.45) is 0 Å². The van der Waals surface area contributed by atoms with Crippen molar-refractivity contribution in [3.63, 3.8) is 0 Å². The number of rotatable bonds is 7. The van der Waals surface area contributed by atoms with Crippen LogP contribution in [0.5, 0.6) is 11.5 Å². The highest BCUT2D eigenvalue weighted by atomic mass is 32.2. The predicted octanol–water partition coefficient (Wildman–Crippen LogP) is -0.173. The molecule has 19 heavy (non-hydrogen) atoms. The van der Waals surface area contributed by atoms with Crippen molar-refractivity contribution in [1.82, 2.24) is 4.31 Å². The van der Waals surface area contributed by atoms with E-state index >= 15 is 0 Å². The molecule has 0 bridgehead atoms. The maximum atomic E-state index is 10.6. The van der Waals surface area contributed by atoms with E-state index < -0.39 is 16.4 Å². The van der Waals surface area contributed by atoms with Crippen LogP contribution >= 0.6 is 0 Å². The number of aliphatic hydroxyl groups is 1. The molecule has 0 saturated carbocycles. The number of benzene rings is 1. The van der Waals surface area contributed by atoms with E-state index in [4.69, 9.17) is 9.47 Å². The van der Waals surface area contributed by atoms with E-state index in [1.165, 1.54) is 7.11 Å². The molecule has 0 aromatic heterocycles. The minimum Gasteiger partial charge on any atom is -0.735 e. The molecule has 7 nitrogen and oxygen atoms in total. The number of aliphatic hydroxyl groups excluding tert-OH is 1. The molecular weight excluding hydrogens is 274 g/mol. The molecule has 1 rings (SSSR count). The number of methoxy groups -OCH3 is 1. The average molecular weight is 290 g/mol. The number of likely N-dealkylation sites (N-methyl/N-ethyl adjacent to an activating group) is 1. The third-order valence-corrected chi connectivity index (χ3v) is 3.25. The molecule has 1 atom stereocenters. The van der Waals surface area contributed by atoms with Crippen LogP contribution in [0.1, 0.15) is 0 Å². The van der Waals surface area contributed by atoms with E-state index in [-0.39, 0.29) is 13.2 Å². The maximum absolute atomic E-state index is 10.6. The van der Waals surface area contributed by atoms with Crippen LogP contribution in [0, 0.1) is 0 Å². The van der Waals surface area contributed by atoms with Crippen LogP contribution in [0.15, 0.2) is 24.3 Å². The van der Waals surface area contributed by atoms with Gasteiger partial charge in [-0.15, -0.1) is 0 Å². The molecule has 0 amide bonds. The van der Waals surface area contributed by atoms with Crippen LogP contribution in [0.25, 0.3) is 0 Å². The molecule has 1 aromatic rings. The van der Waals surface area contributed by atoms with Crippen LogP contribution in [0.3, 0.4) is 0 Å². The third-order valence-electron chi connectivity index (χ3n) is 2.33. The molecule has 0 saturated heterocycles. The summed E-state index contributed by atoms with van der Waals surface area (Å²) in [5.41, 5.74) is 0. The van der Waals surface area contributed by atoms with Gasteiger partial charge in [-0.25, -0.2) is 12.7 Å². The lowest BCUT2D eigenvalue weighted by molar-refractivity contribution is 0.0914. The van der Waals surface area contributed by atoms with Gasteiger partial charge < -0.3 is 19.1 Å². The van der Waals surface area contributed by atoms with Gasteiger partial charge in [0.15, 0.2) is 10.3 Å². The van der Waals surface area contributed by atoms with Crippen LogP contribution in [-0.4, -0.2) is 55.8 Å². The molecular formula is C11H16NO6S-. The summed E-state index contributed by atoms with van der Waals surface area (Å²) in [6, 6.07) is 6.75. The smallest absolute Gasteiger partial charge is 0.161 e. The Hall–Kier alpha value is -1.35. The van der Waals surface area contributed by atoms with Gasteiger partial charge in [0.05, 0.1) is 7.11 Å². The largest absolute Gasteiger partial charge is 0.735 e. The molecule has 1 aromatic carbocycles. The zero-order valence-corrected chi connectivity index (χ0v) is 11.5. The molecule has 8 heteroatoms. The summed E-state index contributed by atoms with van der Waals surface area (Å²) in [5.74, 6) is 1.08. The third kappa shape index (κ3) is 5.43. The molecule has 108 valence electrons. The van der Waals surface area contributed by atoms with Gasteiger partial charge in [0.25, 0.3) is 0 Å². The van der Waals surface area contributed by atoms with Crippen molar-refractivity contribution in [1.29, 1.82) is 0 Å². The Kier molecular flexibility index (Phi) is 5.55. The summed E-state index contributed by atoms with van der Waals surface area (Å²) in [6.45, 7) is -0.456. The molecule has 0 heterocycles. The highest BCUT2D eigenvalue weighted by molar-refractivity contribution is 7.83. The van der Waals surface area contributed by atoms with E-state index in [0.29, 0.717) is 15.8 Å². The molecule has 0 aliphatic carbocycles. The monoisotopic (exact) mass is 290 g/mol. The Bertz CT molecular complexity index is 504. The maximum Gasteiger partial charge on any atom is 0.161 e. The molecule has 0 aliphatic heterocycles. The fourth-order valence-electron chi connectivity index (χ4n) is 1.32. The van der Waals surface area contributed by atoms with Gasteiger partial charge in [0.2, 0.25) is 0 Å². The second kappa shape index (κ2) is 6.71. The van der Waals surface area contributed by atoms with Crippen molar-refractivity contribution >= 4 is 10.3 Å². The first-order valence-corrected chi connectivity index (χ1v) is 6.81. The molecule has 1 unspecified atom stereocenters. The van der Waals surface area contributed by atoms with Crippen molar-refractivity contribution < 1.29 is 27.6 Å². The highest BCUT2D eigenvalue weighted by Gasteiger charge is 2.13. The first kappa shape index (κ1) is 15.7. The van der Waals surface area contributed by atoms with Gasteiger partial charge in [-0.2, -0.15) is 0 Å². The zero-order valence-electron chi connectivity index (χ0n) is 10.6. The Morgan fingerprint density at radius 1 is 1.42 bits per heavy atom. The van der Waals surface area contributed by atoms with Gasteiger partial charge in [-0.1, -0.05) is 6.07 Å². The fourth-order valence-corrected chi connectivity index (χ4v) is 1.68. The second-order valence-electron chi connectivity index (χ2n) is 3.88. The first-order chi connectivity index (χ1) is 8.82. The number of hydrogen-bond acceptors (Lipinski definition) is 6. The first-order valence-electron chi connectivity index (χ1n) is 5.45. The fraction of sp³-hybridized carbons (Fsp3) is 0.455. The Morgan fingerprint density at radius 2 is 2.05 bits per heavy atom. The van der Waals surface area contributed by atoms with Gasteiger partial charge in [-0.3, -0.25) is 0 Å². The Balaban J connectivity index is 2.48. The lowest BCUT2D eigenvalue weighted by Crippen LogP contribution is -2.36. The lowest BCUT2D eigenvalue weighted by Gasteiger charge is -2.23. The normalized spacial score (nSPS) is 13.3. The SMILES string of the molecule is COc1cccc(OCC(O)CN(C)S(=O)(=O)[O-])c1. The van der Waals surface area contributed by atoms with Crippen LogP contribution in [0.2, 0.25) is 0 Å². The molecule has 0 fully saturated rings. The summed E-state index contributed by atoms with van der Waals surface area (Å²) in [7, 11) is -1.93. The topological polar surface area (TPSA) is 99.1 Å². The van der Waals surface area contributed by atoms with Gasteiger partial charge >= 0.3 is 0 Å². The van der Waals surface area contributed by atoms with E-state index in [1.54, 1.807) is 24.3 Å². The second-order valence-corrected chi connectivity index (χ2v) is 5.36. The van der Waals surface area contributed by atoms with Gasteiger partial charge in [0.1, 0.15) is 24.2 Å². The molecule has 0 spiro atoms. The summed E-state index contributed by atoms with van der Waals surface area (Å²) in [5, 5.41) is 9.57. The van der Waals surface area contributed by atoms with E-state index in [0.717, 1.165) is 7.05 Å². The van der Waals surface area contributed by atoms with Crippen molar-refractivity contribution in [2.75, 3.05) is 27.3 Å². The number of ether oxygens (including phenoxy) is 2. The molecule has 1 N–H and O–H groups in total. The quantitative estimate of drug-likeness (QED) is 0.700. The van der Waals surface area contributed by atoms with Gasteiger partial charge in [-0.05, 0) is 12.1 Å². The summed E-state index contributed by atoms with van der Waals surface area (Å²) in [4.78, 5) is 0. The summed E-state index contributed by atoms with van der Waals surface area (Å²) in [6.07, 6.45) is -1.10. The predicted molar refractivity (Wildman–Crippen MR) is 66.8 cm³/mol. The summed E-state index contributed by atoms with van der Waals surface area (Å²) < 4.78 is 42.7. The van der Waals surface area contributed by atoms with Gasteiger partial charge in [0, 0.05) is 19.7 Å². The van der Waals surface area contributed by atoms with Crippen molar-refractivity contribution in [3.05, 3.63) is 24.3 Å². The lowest BCUT2D eigenvalue weighted by atomic mass is 10.3. The van der Waals surface area contributed by atoms with Crippen LogP contribution < -0.4 is 9.47 Å². The number of hydrogen-bond donors (Lipinski definition) is 1. The Labute approximate surface area is 112 Å². The van der Waals surface area contributed by atoms with Crippen LogP contribution in [-0.2, 0) is 10.3 Å². The molecule has 0 radical (unpaired) electrons. The van der Waals surface area contributed by atoms with E-state index in [2.05, 4.69) is 0 Å². The zero-order chi connectivity index (χ0) is 14.5. The number of nitrogens with zero attached hydrogens (tertiary/aromatic N) is 1. The van der Waals surface area contributed by atoms with Crippen LogP contribution in [0.4, 0.5) is 0 Å². The average Bonchev–Trinajstić information content (AvgIpc) is 2.35. The van der Waals surface area contributed by atoms with E-state index in [1.807, 2.05) is 0 Å². The van der Waals surface area contributed by atoms with Crippen molar-refractivity contribution in [3.8, 4) is 11.5 Å². The minimum atomic E-state index is -4.54. The summed E-state index contributed by atoms with van der Waals surface area (Å²) >= 11 is 0. The van der Waals surface area contributed by atoms with E-state index in [9.17, 15) is 18.1 Å².